The Morgan fingerprint density at radius 1 is 0.404 bits per heavy atom. The van der Waals surface area contributed by atoms with Gasteiger partial charge < -0.3 is 61.0 Å². The first-order valence-corrected chi connectivity index (χ1v) is 19.3. The van der Waals surface area contributed by atoms with E-state index >= 15 is 0 Å². The Balaban J connectivity index is 5.79. The molecule has 0 aromatic rings. The molecule has 5 atom stereocenters. The van der Waals surface area contributed by atoms with Crippen molar-refractivity contribution in [3.63, 3.8) is 0 Å². The first-order chi connectivity index (χ1) is 25.0. The maximum Gasteiger partial charge on any atom is 0.243 e. The summed E-state index contributed by atoms with van der Waals surface area (Å²) in [6.45, 7) is 3.49. The summed E-state index contributed by atoms with van der Waals surface area (Å²) in [7, 11) is 0. The van der Waals surface area contributed by atoms with Gasteiger partial charge in [-0.05, 0) is 103 Å². The molecule has 0 radical (unpaired) electrons. The number of carbonyl (C=O) groups is 6. The Morgan fingerprint density at radius 3 is 1.02 bits per heavy atom. The van der Waals surface area contributed by atoms with E-state index in [1.807, 2.05) is 0 Å². The van der Waals surface area contributed by atoms with Gasteiger partial charge in [0.1, 0.15) is 30.2 Å². The number of nitrogens with one attached hydrogen (secondary N) is 5. The van der Waals surface area contributed by atoms with Crippen LogP contribution in [0.5, 0.6) is 0 Å². The van der Waals surface area contributed by atoms with Crippen molar-refractivity contribution >= 4 is 35.4 Å². The molecule has 0 saturated heterocycles. The van der Waals surface area contributed by atoms with Gasteiger partial charge in [-0.25, -0.2) is 0 Å². The maximum absolute atomic E-state index is 13.7. The van der Waals surface area contributed by atoms with Crippen molar-refractivity contribution < 1.29 is 28.8 Å². The molecular weight excluding hydrogens is 670 g/mol. The summed E-state index contributed by atoms with van der Waals surface area (Å²) in [5, 5.41) is 13.5. The predicted octanol–water partition coefficient (Wildman–Crippen LogP) is -1.27. The second-order valence-corrected chi connectivity index (χ2v) is 13.3. The summed E-state index contributed by atoms with van der Waals surface area (Å²) in [6.07, 6.45) is 10.7. The topological polar surface area (TPSA) is 319 Å². The van der Waals surface area contributed by atoms with Crippen molar-refractivity contribution in [3.8, 4) is 0 Å². The van der Waals surface area contributed by atoms with Gasteiger partial charge in [0.15, 0.2) is 0 Å². The van der Waals surface area contributed by atoms with Crippen LogP contribution in [0.4, 0.5) is 0 Å². The average Bonchev–Trinajstić information content (AvgIpc) is 3.12. The van der Waals surface area contributed by atoms with Crippen LogP contribution in [0.1, 0.15) is 122 Å². The summed E-state index contributed by atoms with van der Waals surface area (Å²) < 4.78 is 0. The molecule has 17 heteroatoms. The molecule has 0 rings (SSSR count). The molecule has 17 N–H and O–H groups in total. The van der Waals surface area contributed by atoms with Gasteiger partial charge in [-0.1, -0.05) is 45.4 Å². The molecule has 0 spiro atoms. The SMILES string of the molecule is CCCCCCCCCC(=O)N[C@@H](CCCN)C(=O)N[C@@H](CCCN)C(=O)N[C@@H](CCCN)C(=O)N[C@@H](CCCN)C(=O)N[C@@H](CCCN)C(N)=O. The number of rotatable bonds is 33. The highest BCUT2D eigenvalue weighted by atomic mass is 16.2. The van der Waals surface area contributed by atoms with Gasteiger partial charge in [0.25, 0.3) is 0 Å². The number of unbranched alkanes of at least 4 members (excludes halogenated alkanes) is 6. The fourth-order valence-electron chi connectivity index (χ4n) is 5.57. The number of nitrogens with two attached hydrogens (primary N) is 6. The highest BCUT2D eigenvalue weighted by molar-refractivity contribution is 5.96. The molecule has 302 valence electrons. The van der Waals surface area contributed by atoms with Crippen LogP contribution in [0, 0.1) is 0 Å². The number of amides is 6. The second-order valence-electron chi connectivity index (χ2n) is 13.3. The fourth-order valence-corrected chi connectivity index (χ4v) is 5.57. The zero-order chi connectivity index (χ0) is 39.1. The van der Waals surface area contributed by atoms with E-state index in [2.05, 4.69) is 33.5 Å². The molecule has 0 aromatic carbocycles. The van der Waals surface area contributed by atoms with Crippen LogP contribution in [-0.2, 0) is 28.8 Å². The van der Waals surface area contributed by atoms with Gasteiger partial charge in [-0.15, -0.1) is 0 Å². The van der Waals surface area contributed by atoms with Crippen LogP contribution in [0.25, 0.3) is 0 Å². The molecule has 0 aromatic heterocycles. The van der Waals surface area contributed by atoms with Crippen molar-refractivity contribution in [1.82, 2.24) is 26.6 Å². The van der Waals surface area contributed by atoms with Crippen LogP contribution >= 0.6 is 0 Å². The zero-order valence-corrected chi connectivity index (χ0v) is 31.6. The fraction of sp³-hybridized carbons (Fsp3) is 0.829. The minimum Gasteiger partial charge on any atom is -0.368 e. The van der Waals surface area contributed by atoms with Crippen molar-refractivity contribution in [2.45, 2.75) is 153 Å². The molecule has 0 fully saturated rings. The first-order valence-electron chi connectivity index (χ1n) is 19.3. The molecule has 17 nitrogen and oxygen atoms in total. The van der Waals surface area contributed by atoms with Crippen molar-refractivity contribution in [1.29, 1.82) is 0 Å². The van der Waals surface area contributed by atoms with Crippen molar-refractivity contribution in [3.05, 3.63) is 0 Å². The van der Waals surface area contributed by atoms with Crippen molar-refractivity contribution in [2.24, 2.45) is 34.4 Å². The summed E-state index contributed by atoms with van der Waals surface area (Å²) in [4.78, 5) is 78.6. The molecule has 0 aliphatic carbocycles. The number of primary amides is 1. The van der Waals surface area contributed by atoms with E-state index in [0.717, 1.165) is 19.3 Å². The van der Waals surface area contributed by atoms with E-state index in [4.69, 9.17) is 34.4 Å². The summed E-state index contributed by atoms with van der Waals surface area (Å²) in [6, 6.07) is -5.14. The maximum atomic E-state index is 13.7. The molecule has 52 heavy (non-hydrogen) atoms. The van der Waals surface area contributed by atoms with Gasteiger partial charge in [-0.3, -0.25) is 28.8 Å². The lowest BCUT2D eigenvalue weighted by molar-refractivity contribution is -0.135. The third-order valence-corrected chi connectivity index (χ3v) is 8.70. The molecule has 0 heterocycles. The molecule has 0 aliphatic heterocycles. The van der Waals surface area contributed by atoms with E-state index < -0.39 is 59.7 Å². The minimum atomic E-state index is -1.11. The van der Waals surface area contributed by atoms with Crippen LogP contribution in [0.15, 0.2) is 0 Å². The highest BCUT2D eigenvalue weighted by Crippen LogP contribution is 2.10. The van der Waals surface area contributed by atoms with Gasteiger partial charge >= 0.3 is 0 Å². The van der Waals surface area contributed by atoms with E-state index in [1.54, 1.807) is 0 Å². The third-order valence-electron chi connectivity index (χ3n) is 8.70. The standard InChI is InChI=1S/C35H71N11O6/c1-2-3-4-5-6-7-8-19-30(47)42-26(15-10-21-37)32(49)44-28(17-12-23-39)34(51)46-29(18-13-24-40)35(52)45-27(16-11-22-38)33(50)43-25(31(41)48)14-9-20-36/h25-29H,2-24,36-40H2,1H3,(H2,41,48)(H,42,47)(H,43,50)(H,44,49)(H,45,52)(H,46,51)/t25-,26-,27-,28-,29-/m0/s1. The van der Waals surface area contributed by atoms with Gasteiger partial charge in [0, 0.05) is 6.42 Å². The Hall–Kier alpha value is -3.38. The summed E-state index contributed by atoms with van der Waals surface area (Å²) in [5.41, 5.74) is 33.8. The second kappa shape index (κ2) is 31.2. The monoisotopic (exact) mass is 742 g/mol. The van der Waals surface area contributed by atoms with Gasteiger partial charge in [-0.2, -0.15) is 0 Å². The summed E-state index contributed by atoms with van der Waals surface area (Å²) in [5.74, 6) is -3.44. The molecule has 0 bridgehead atoms. The molecule has 0 aliphatic rings. The lowest BCUT2D eigenvalue weighted by atomic mass is 10.0. The van der Waals surface area contributed by atoms with Crippen LogP contribution in [0.2, 0.25) is 0 Å². The predicted molar refractivity (Wildman–Crippen MR) is 203 cm³/mol. The van der Waals surface area contributed by atoms with Gasteiger partial charge in [0.2, 0.25) is 35.4 Å². The first kappa shape index (κ1) is 48.6. The van der Waals surface area contributed by atoms with E-state index in [1.165, 1.54) is 19.3 Å². The molecule has 0 saturated carbocycles. The lowest BCUT2D eigenvalue weighted by Gasteiger charge is -2.27. The lowest BCUT2D eigenvalue weighted by Crippen LogP contribution is -2.59. The van der Waals surface area contributed by atoms with Crippen LogP contribution < -0.4 is 61.0 Å². The van der Waals surface area contributed by atoms with E-state index in [9.17, 15) is 28.8 Å². The largest absolute Gasteiger partial charge is 0.368 e. The normalized spacial score (nSPS) is 14.0. The van der Waals surface area contributed by atoms with Crippen molar-refractivity contribution in [2.75, 3.05) is 32.7 Å². The number of hydrogen-bond acceptors (Lipinski definition) is 11. The Morgan fingerprint density at radius 2 is 0.692 bits per heavy atom. The van der Waals surface area contributed by atoms with E-state index in [-0.39, 0.29) is 64.1 Å². The molecule has 0 unspecified atom stereocenters. The average molecular weight is 742 g/mol. The van der Waals surface area contributed by atoms with Crippen LogP contribution in [-0.4, -0.2) is 98.4 Å². The molecule has 6 amide bonds. The Labute approximate surface area is 310 Å². The molecular formula is C35H71N11O6. The number of carbonyl (C=O) groups excluding carboxylic acids is 6. The summed E-state index contributed by atoms with van der Waals surface area (Å²) >= 11 is 0. The van der Waals surface area contributed by atoms with Crippen LogP contribution in [0.3, 0.4) is 0 Å². The number of hydrogen-bond donors (Lipinski definition) is 11. The third kappa shape index (κ3) is 22.5. The van der Waals surface area contributed by atoms with Gasteiger partial charge in [0.05, 0.1) is 0 Å². The highest BCUT2D eigenvalue weighted by Gasteiger charge is 2.31. The smallest absolute Gasteiger partial charge is 0.243 e. The Kier molecular flexibility index (Phi) is 29.1. The minimum absolute atomic E-state index is 0.144. The Bertz CT molecular complexity index is 1040. The quantitative estimate of drug-likeness (QED) is 0.0352. The van der Waals surface area contributed by atoms with E-state index in [0.29, 0.717) is 51.6 Å². The zero-order valence-electron chi connectivity index (χ0n) is 31.6.